The Labute approximate surface area is 337 Å². The van der Waals surface area contributed by atoms with Gasteiger partial charge in [0.2, 0.25) is 17.5 Å². The van der Waals surface area contributed by atoms with Gasteiger partial charge < -0.3 is 89.0 Å². The minimum Gasteiger partial charge on any atom is -0.507 e. The number of phenolic OH excluding ortho intramolecular Hbond substituents is 1. The number of hydrogen-bond donors (Lipinski definition) is 11. The monoisotopic (exact) mass is 836 g/mol. The molecule has 2 aromatic carbocycles. The first-order chi connectivity index (χ1) is 28.0. The van der Waals surface area contributed by atoms with Gasteiger partial charge in [-0.15, -0.1) is 0 Å². The lowest BCUT2D eigenvalue weighted by Crippen LogP contribution is -2.64. The molecule has 2 aliphatic heterocycles. The topological polar surface area (TPSA) is 308 Å². The van der Waals surface area contributed by atoms with Gasteiger partial charge >= 0.3 is 0 Å². The standard InChI is InChI=1S/C40H52O19/c1-15(2)5-10-20-22(55-23-11-18(13-41)27(45)31(49)28(23)46)12-21(43)25-30(48)37(35(57-36(20)25)17-6-8-19(53-4)9-7-17)58-40-38(33(51)26(44)16(3)54-40)59-39-34(52)32(50)29(47)24(14-42)56-39/h5-9,12,16,18,23-24,26-29,31-34,38-47,49-52H,10-11,13-14H2,1-4H3/t16-,18+,23+,24+,26-,27+,28-,29+,31-,32-,33+,34+,38+,39+,40+/m0/s1. The average molecular weight is 837 g/mol. The maximum Gasteiger partial charge on any atom is 0.239 e. The molecule has 19 heteroatoms. The van der Waals surface area contributed by atoms with Crippen LogP contribution in [-0.4, -0.2) is 162 Å². The van der Waals surface area contributed by atoms with Crippen LogP contribution in [0.15, 0.2) is 51.2 Å². The molecular weight excluding hydrogens is 784 g/mol. The molecule has 3 fully saturated rings. The molecule has 6 rings (SSSR count). The van der Waals surface area contributed by atoms with Crippen molar-refractivity contribution in [3.05, 3.63) is 57.8 Å². The molecule has 1 aromatic heterocycles. The summed E-state index contributed by atoms with van der Waals surface area (Å²) in [6.45, 7) is 3.73. The molecule has 0 bridgehead atoms. The maximum absolute atomic E-state index is 14.8. The Morgan fingerprint density at radius 1 is 0.814 bits per heavy atom. The van der Waals surface area contributed by atoms with Crippen molar-refractivity contribution in [2.75, 3.05) is 20.3 Å². The van der Waals surface area contributed by atoms with Crippen LogP contribution in [0.3, 0.4) is 0 Å². The molecular formula is C40H52O19. The number of allylic oxidation sites excluding steroid dienone is 2. The van der Waals surface area contributed by atoms with Crippen molar-refractivity contribution >= 4 is 11.0 Å². The Balaban J connectivity index is 1.50. The van der Waals surface area contributed by atoms with Gasteiger partial charge in [-0.25, -0.2) is 0 Å². The van der Waals surface area contributed by atoms with Crippen molar-refractivity contribution in [2.24, 2.45) is 5.92 Å². The third-order valence-electron chi connectivity index (χ3n) is 11.0. The normalized spacial score (nSPS) is 35.0. The van der Waals surface area contributed by atoms with Crippen molar-refractivity contribution < 1.29 is 89.0 Å². The zero-order valence-corrected chi connectivity index (χ0v) is 32.6. The number of fused-ring (bicyclic) bond motifs is 1. The van der Waals surface area contributed by atoms with E-state index in [4.69, 9.17) is 32.8 Å². The van der Waals surface area contributed by atoms with Crippen LogP contribution in [0.4, 0.5) is 0 Å². The van der Waals surface area contributed by atoms with Gasteiger partial charge in [0.15, 0.2) is 18.2 Å². The Hall–Kier alpha value is -3.93. The van der Waals surface area contributed by atoms with E-state index < -0.39 is 127 Å². The van der Waals surface area contributed by atoms with E-state index in [1.54, 1.807) is 18.2 Å². The van der Waals surface area contributed by atoms with Crippen LogP contribution in [-0.2, 0) is 20.6 Å². The molecule has 0 spiro atoms. The molecule has 0 unspecified atom stereocenters. The van der Waals surface area contributed by atoms with Crippen LogP contribution in [0.2, 0.25) is 0 Å². The lowest BCUT2D eigenvalue weighted by atomic mass is 9.81. The number of hydrogen-bond acceptors (Lipinski definition) is 19. The van der Waals surface area contributed by atoms with Gasteiger partial charge in [-0.3, -0.25) is 4.79 Å². The first kappa shape index (κ1) is 44.6. The van der Waals surface area contributed by atoms with E-state index in [1.807, 2.05) is 13.8 Å². The highest BCUT2D eigenvalue weighted by molar-refractivity contribution is 5.91. The Bertz CT molecular complexity index is 1990. The van der Waals surface area contributed by atoms with Crippen molar-refractivity contribution in [3.63, 3.8) is 0 Å². The number of aromatic hydroxyl groups is 1. The number of phenols is 1. The second-order valence-corrected chi connectivity index (χ2v) is 15.3. The highest BCUT2D eigenvalue weighted by atomic mass is 16.8. The smallest absolute Gasteiger partial charge is 0.239 e. The molecule has 1 saturated carbocycles. The van der Waals surface area contributed by atoms with E-state index >= 15 is 0 Å². The van der Waals surface area contributed by atoms with Crippen LogP contribution < -0.4 is 19.6 Å². The predicted octanol–water partition coefficient (Wildman–Crippen LogP) is -1.44. The highest BCUT2D eigenvalue weighted by Crippen LogP contribution is 2.42. The van der Waals surface area contributed by atoms with Gasteiger partial charge in [0, 0.05) is 29.7 Å². The number of aliphatic hydroxyl groups excluding tert-OH is 10. The molecule has 3 heterocycles. The van der Waals surface area contributed by atoms with Crippen molar-refractivity contribution in [1.82, 2.24) is 0 Å². The second-order valence-electron chi connectivity index (χ2n) is 15.3. The third-order valence-corrected chi connectivity index (χ3v) is 11.0. The van der Waals surface area contributed by atoms with Gasteiger partial charge in [0.05, 0.1) is 25.9 Å². The fraction of sp³-hybridized carbons (Fsp3) is 0.575. The summed E-state index contributed by atoms with van der Waals surface area (Å²) in [6, 6.07) is 7.33. The number of methoxy groups -OCH3 is 1. The largest absolute Gasteiger partial charge is 0.507 e. The summed E-state index contributed by atoms with van der Waals surface area (Å²) in [6.07, 6.45) is -21.1. The summed E-state index contributed by atoms with van der Waals surface area (Å²) in [7, 11) is 1.45. The summed E-state index contributed by atoms with van der Waals surface area (Å²) in [4.78, 5) is 14.8. The first-order valence-electron chi connectivity index (χ1n) is 19.1. The van der Waals surface area contributed by atoms with Crippen LogP contribution in [0, 0.1) is 5.92 Å². The lowest BCUT2D eigenvalue weighted by molar-refractivity contribution is -0.355. The van der Waals surface area contributed by atoms with E-state index in [1.165, 1.54) is 26.2 Å². The maximum atomic E-state index is 14.8. The zero-order valence-electron chi connectivity index (χ0n) is 32.6. The zero-order chi connectivity index (χ0) is 43.0. The van der Waals surface area contributed by atoms with Crippen molar-refractivity contribution in [3.8, 4) is 34.3 Å². The van der Waals surface area contributed by atoms with Crippen molar-refractivity contribution in [2.45, 2.75) is 119 Å². The molecule has 1 aliphatic carbocycles. The number of benzene rings is 2. The Morgan fingerprint density at radius 2 is 1.49 bits per heavy atom. The second kappa shape index (κ2) is 18.4. The third kappa shape index (κ3) is 8.80. The van der Waals surface area contributed by atoms with Gasteiger partial charge in [0.25, 0.3) is 0 Å². The molecule has 326 valence electrons. The fourth-order valence-electron chi connectivity index (χ4n) is 7.44. The molecule has 3 aliphatic rings. The van der Waals surface area contributed by atoms with E-state index in [0.29, 0.717) is 5.75 Å². The summed E-state index contributed by atoms with van der Waals surface area (Å²) >= 11 is 0. The van der Waals surface area contributed by atoms with Crippen LogP contribution in [0.5, 0.6) is 23.0 Å². The first-order valence-corrected chi connectivity index (χ1v) is 19.1. The van der Waals surface area contributed by atoms with Crippen LogP contribution in [0.25, 0.3) is 22.3 Å². The number of ether oxygens (including phenoxy) is 6. The molecule has 0 amide bonds. The molecule has 19 nitrogen and oxygen atoms in total. The van der Waals surface area contributed by atoms with Gasteiger partial charge in [-0.1, -0.05) is 11.6 Å². The Morgan fingerprint density at radius 3 is 2.12 bits per heavy atom. The highest BCUT2D eigenvalue weighted by Gasteiger charge is 2.51. The summed E-state index contributed by atoms with van der Waals surface area (Å²) in [5.74, 6) is -1.95. The van der Waals surface area contributed by atoms with Crippen LogP contribution in [0.1, 0.15) is 32.8 Å². The van der Waals surface area contributed by atoms with Gasteiger partial charge in [0.1, 0.15) is 83.2 Å². The van der Waals surface area contributed by atoms with E-state index in [0.717, 1.165) is 11.6 Å². The minimum absolute atomic E-state index is 0.0520. The summed E-state index contributed by atoms with van der Waals surface area (Å²) in [5.41, 5.74) is 0.171. The number of rotatable bonds is 12. The SMILES string of the molecule is COc1ccc(-c2oc3c(CC=C(C)C)c(O[C@@H]4C[C@H](CO)[C@@H](O)[C@H](O)[C@H]4O)cc(O)c3c(=O)c2O[C@H]2O[C@@H](C)[C@H](O)[C@@H](O)[C@H]2O[C@H]2O[C@H](CO)[C@@H](O)[C@H](O)[C@H]2O)cc1. The molecule has 15 atom stereocenters. The quantitative estimate of drug-likeness (QED) is 0.0931. The Kier molecular flexibility index (Phi) is 13.9. The predicted molar refractivity (Wildman–Crippen MR) is 203 cm³/mol. The van der Waals surface area contributed by atoms with Gasteiger partial charge in [-0.2, -0.15) is 0 Å². The van der Waals surface area contributed by atoms with Crippen LogP contribution >= 0.6 is 0 Å². The minimum atomic E-state index is -1.93. The molecule has 2 saturated heterocycles. The fourth-order valence-corrected chi connectivity index (χ4v) is 7.44. The van der Waals surface area contributed by atoms with Gasteiger partial charge in [-0.05, 0) is 57.9 Å². The van der Waals surface area contributed by atoms with E-state index in [-0.39, 0.29) is 41.1 Å². The van der Waals surface area contributed by atoms with E-state index in [9.17, 15) is 61.0 Å². The molecule has 3 aromatic rings. The molecule has 11 N–H and O–H groups in total. The average Bonchev–Trinajstić information content (AvgIpc) is 3.21. The lowest BCUT2D eigenvalue weighted by Gasteiger charge is -2.45. The van der Waals surface area contributed by atoms with E-state index in [2.05, 4.69) is 0 Å². The van der Waals surface area contributed by atoms with Crippen molar-refractivity contribution in [1.29, 1.82) is 0 Å². The summed E-state index contributed by atoms with van der Waals surface area (Å²) in [5, 5.41) is 116. The summed E-state index contributed by atoms with van der Waals surface area (Å²) < 4.78 is 41.4. The molecule has 0 radical (unpaired) electrons. The number of aliphatic hydroxyl groups is 10. The molecule has 59 heavy (non-hydrogen) atoms.